The second kappa shape index (κ2) is 7.66. The zero-order valence-corrected chi connectivity index (χ0v) is 19.2. The van der Waals surface area contributed by atoms with Crippen molar-refractivity contribution in [3.05, 3.63) is 29.3 Å². The topological polar surface area (TPSA) is 20.2 Å². The van der Waals surface area contributed by atoms with E-state index in [9.17, 15) is 4.89 Å². The van der Waals surface area contributed by atoms with E-state index in [1.54, 1.807) is 0 Å². The molecule has 1 rings (SSSR count). The first kappa shape index (κ1) is 23.3. The van der Waals surface area contributed by atoms with Crippen molar-refractivity contribution in [1.29, 1.82) is 0 Å². The van der Waals surface area contributed by atoms with Gasteiger partial charge in [0.25, 0.3) is 0 Å². The molecule has 1 aromatic carbocycles. The fourth-order valence-electron chi connectivity index (χ4n) is 3.27. The Labute approximate surface area is 158 Å². The average molecular weight is 431 g/mol. The molecule has 0 saturated heterocycles. The summed E-state index contributed by atoms with van der Waals surface area (Å²) in [6.07, 6.45) is 0. The van der Waals surface area contributed by atoms with Crippen molar-refractivity contribution >= 4 is 12.8 Å². The third kappa shape index (κ3) is 4.89. The molecule has 0 amide bonds. The first-order valence-electron chi connectivity index (χ1n) is 8.60. The Morgan fingerprint density at radius 1 is 0.826 bits per heavy atom. The van der Waals surface area contributed by atoms with E-state index >= 15 is 0 Å². The monoisotopic (exact) mass is 430 g/mol. The van der Waals surface area contributed by atoms with Crippen LogP contribution in [-0.2, 0) is 31.3 Å². The van der Waals surface area contributed by atoms with Crippen molar-refractivity contribution in [2.24, 2.45) is 0 Å². The second-order valence-electron chi connectivity index (χ2n) is 9.40. The van der Waals surface area contributed by atoms with Gasteiger partial charge in [0.15, 0.2) is 0 Å². The van der Waals surface area contributed by atoms with Crippen LogP contribution in [0.2, 0.25) is 0 Å². The van der Waals surface area contributed by atoms with Crippen molar-refractivity contribution < 1.29 is 25.3 Å². The fraction of sp³-hybridized carbons (Fsp3) is 0.700. The number of hydrogen-bond donors (Lipinski definition) is 1. The van der Waals surface area contributed by atoms with E-state index < -0.39 is 7.49 Å². The van der Waals surface area contributed by atoms with Crippen LogP contribution >= 0.6 is 7.49 Å². The minimum atomic E-state index is -2.52. The molecule has 0 spiro atoms. The van der Waals surface area contributed by atoms with Gasteiger partial charge in [-0.3, -0.25) is 0 Å². The molecule has 0 aromatic heterocycles. The summed E-state index contributed by atoms with van der Waals surface area (Å²) >= 11 is 0. The van der Waals surface area contributed by atoms with E-state index in [0.29, 0.717) is 11.3 Å². The third-order valence-corrected chi connectivity index (χ3v) is 9.71. The van der Waals surface area contributed by atoms with E-state index in [1.165, 1.54) is 16.4 Å². The molecule has 1 N–H and O–H groups in total. The smallest absolute Gasteiger partial charge is 0 e. The van der Waals surface area contributed by atoms with Crippen LogP contribution in [0.15, 0.2) is 18.2 Å². The molecule has 0 aliphatic heterocycles. The zero-order valence-electron chi connectivity index (χ0n) is 16.7. The minimum absolute atomic E-state index is 0. The van der Waals surface area contributed by atoms with Crippen molar-refractivity contribution in [2.45, 2.75) is 91.4 Å². The predicted octanol–water partition coefficient (Wildman–Crippen LogP) is 5.38. The summed E-state index contributed by atoms with van der Waals surface area (Å²) in [5.74, 6) is 0. The summed E-state index contributed by atoms with van der Waals surface area (Å²) in [7, 11) is -2.52. The van der Waals surface area contributed by atoms with E-state index in [0.717, 1.165) is 0 Å². The van der Waals surface area contributed by atoms with Crippen LogP contribution in [0.1, 0.15) is 80.4 Å². The molecule has 0 aliphatic rings. The van der Waals surface area contributed by atoms with Gasteiger partial charge in [-0.1, -0.05) is 0 Å². The van der Waals surface area contributed by atoms with Gasteiger partial charge in [-0.15, -0.1) is 0 Å². The Hall–Kier alpha value is 0.272. The maximum atomic E-state index is 11.6. The summed E-state index contributed by atoms with van der Waals surface area (Å²) in [4.78, 5) is 11.6. The van der Waals surface area contributed by atoms with Crippen LogP contribution < -0.4 is 5.30 Å². The molecule has 1 aromatic rings. The molecule has 0 unspecified atom stereocenters. The van der Waals surface area contributed by atoms with Gasteiger partial charge in [0, 0.05) is 20.4 Å². The van der Waals surface area contributed by atoms with Gasteiger partial charge in [0.2, 0.25) is 0 Å². The third-order valence-electron chi connectivity index (χ3n) is 4.89. The van der Waals surface area contributed by atoms with Crippen molar-refractivity contribution in [1.82, 2.24) is 0 Å². The molecule has 0 saturated carbocycles. The number of rotatable bonds is 3. The number of benzene rings is 1. The van der Waals surface area contributed by atoms with E-state index in [1.807, 2.05) is 0 Å². The van der Waals surface area contributed by atoms with Gasteiger partial charge in [0.05, 0.1) is 0 Å². The predicted molar refractivity (Wildman–Crippen MR) is 104 cm³/mol. The van der Waals surface area contributed by atoms with Crippen LogP contribution in [0.5, 0.6) is 0 Å². The van der Waals surface area contributed by atoms with Crippen LogP contribution in [0.4, 0.5) is 0 Å². The second-order valence-corrected chi connectivity index (χ2v) is 13.9. The summed E-state index contributed by atoms with van der Waals surface area (Å²) < 4.78 is 0. The first-order chi connectivity index (χ1) is 9.72. The molecule has 3 heteroatoms. The molecule has 1 nitrogen and oxygen atoms in total. The van der Waals surface area contributed by atoms with Crippen LogP contribution in [0.3, 0.4) is 0 Å². The van der Waals surface area contributed by atoms with Gasteiger partial charge < -0.3 is 0 Å². The quantitative estimate of drug-likeness (QED) is 0.504. The zero-order chi connectivity index (χ0) is 17.5. The summed E-state index contributed by atoms with van der Waals surface area (Å²) in [6.45, 7) is 22.2. The minimum Gasteiger partial charge on any atom is 0 e. The van der Waals surface area contributed by atoms with Crippen molar-refractivity contribution in [2.75, 3.05) is 0 Å². The molecule has 0 radical (unpaired) electrons. The molecule has 0 atom stereocenters. The Morgan fingerprint density at radius 2 is 1.26 bits per heavy atom. The van der Waals surface area contributed by atoms with Crippen LogP contribution in [-0.4, -0.2) is 16.2 Å². The van der Waals surface area contributed by atoms with Crippen molar-refractivity contribution in [3.63, 3.8) is 0 Å². The van der Waals surface area contributed by atoms with Gasteiger partial charge in [-0.05, 0) is 0 Å². The fourth-order valence-corrected chi connectivity index (χ4v) is 7.08. The maximum absolute atomic E-state index is 11.6. The molecular formula is C20H37OPPd. The van der Waals surface area contributed by atoms with Gasteiger partial charge >= 0.3 is 138 Å². The normalized spacial score (nSPS) is 14.1. The molecule has 0 bridgehead atoms. The molecule has 0 heterocycles. The Balaban J connectivity index is 0.00000484. The summed E-state index contributed by atoms with van der Waals surface area (Å²) in [6, 6.07) is 6.80. The van der Waals surface area contributed by atoms with Gasteiger partial charge in [0.1, 0.15) is 0 Å². The molecule has 138 valence electrons. The Bertz CT molecular complexity index is 513. The summed E-state index contributed by atoms with van der Waals surface area (Å²) in [5, 5.41) is 1.23. The van der Waals surface area contributed by atoms with Crippen LogP contribution in [0.25, 0.3) is 0 Å². The van der Waals surface area contributed by atoms with Crippen molar-refractivity contribution in [3.8, 4) is 0 Å². The molecule has 23 heavy (non-hydrogen) atoms. The Kier molecular flexibility index (Phi) is 7.75. The molecular weight excluding hydrogens is 394 g/mol. The SMILES string of the molecule is CC(C)[PH](O)(c1ccc(C(C)(C)C)cc1C(C)(C)C)C(C)C.[Pd]. The van der Waals surface area contributed by atoms with Gasteiger partial charge in [-0.2, -0.15) is 0 Å². The van der Waals surface area contributed by atoms with E-state index in [2.05, 4.69) is 87.4 Å². The van der Waals surface area contributed by atoms with E-state index in [4.69, 9.17) is 0 Å². The number of hydrogen-bond acceptors (Lipinski definition) is 1. The van der Waals surface area contributed by atoms with Crippen LogP contribution in [0, 0.1) is 0 Å². The molecule has 0 fully saturated rings. The standard InChI is InChI=1S/C20H37OP.Pd/c1-14(2)22(21,15(3)4)18-12-11-16(19(5,6)7)13-17(18)20(8,9)10;/h11-15,21-22H,1-10H3;. The Morgan fingerprint density at radius 3 is 1.57 bits per heavy atom. The summed E-state index contributed by atoms with van der Waals surface area (Å²) in [5.41, 5.74) is 3.49. The molecule has 0 aliphatic carbocycles. The first-order valence-corrected chi connectivity index (χ1v) is 10.7. The van der Waals surface area contributed by atoms with Gasteiger partial charge in [-0.25, -0.2) is 0 Å². The largest absolute Gasteiger partial charge is 0 e. The average Bonchev–Trinajstić information content (AvgIpc) is 2.34. The maximum Gasteiger partial charge on any atom is 0 e. The van der Waals surface area contributed by atoms with E-state index in [-0.39, 0.29) is 31.3 Å².